The summed E-state index contributed by atoms with van der Waals surface area (Å²) in [5, 5.41) is 6.75. The monoisotopic (exact) mass is 262 g/mol. The van der Waals surface area contributed by atoms with Crippen LogP contribution in [0.2, 0.25) is 0 Å². The zero-order valence-corrected chi connectivity index (χ0v) is 10.8. The molecule has 6 heteroatoms. The molecular weight excluding hydrogens is 248 g/mol. The van der Waals surface area contributed by atoms with Gasteiger partial charge in [-0.3, -0.25) is 9.48 Å². The lowest BCUT2D eigenvalue weighted by Gasteiger charge is -2.05. The summed E-state index contributed by atoms with van der Waals surface area (Å²) in [6.45, 7) is 0.154. The number of aromatic nitrogens is 2. The minimum Gasteiger partial charge on any atom is -0.382 e. The molecule has 5 nitrogen and oxygen atoms in total. The summed E-state index contributed by atoms with van der Waals surface area (Å²) in [5.41, 5.74) is 6.25. The molecule has 1 heterocycles. The van der Waals surface area contributed by atoms with E-state index in [1.807, 2.05) is 30.5 Å². The fourth-order valence-corrected chi connectivity index (χ4v) is 1.90. The molecule has 0 radical (unpaired) electrons. The van der Waals surface area contributed by atoms with Gasteiger partial charge in [-0.15, -0.1) is 11.8 Å². The number of anilines is 2. The van der Waals surface area contributed by atoms with Gasteiger partial charge in [0.2, 0.25) is 5.91 Å². The molecule has 0 fully saturated rings. The van der Waals surface area contributed by atoms with Gasteiger partial charge in [0.1, 0.15) is 12.4 Å². The quantitative estimate of drug-likeness (QED) is 0.824. The summed E-state index contributed by atoms with van der Waals surface area (Å²) in [6.07, 6.45) is 3.68. The zero-order valence-electron chi connectivity index (χ0n) is 9.96. The van der Waals surface area contributed by atoms with Crippen LogP contribution in [-0.2, 0) is 11.3 Å². The third-order valence-corrected chi connectivity index (χ3v) is 3.08. The maximum absolute atomic E-state index is 11.7. The molecule has 3 N–H and O–H groups in total. The van der Waals surface area contributed by atoms with E-state index in [1.54, 1.807) is 24.0 Å². The van der Waals surface area contributed by atoms with Gasteiger partial charge in [0, 0.05) is 16.8 Å². The van der Waals surface area contributed by atoms with Crippen LogP contribution in [0.15, 0.2) is 41.4 Å². The molecule has 1 aromatic heterocycles. The molecular formula is C12H14N4OS. The van der Waals surface area contributed by atoms with Crippen LogP contribution in [0.1, 0.15) is 0 Å². The number of hydrogen-bond donors (Lipinski definition) is 2. The van der Waals surface area contributed by atoms with Gasteiger partial charge in [-0.05, 0) is 36.6 Å². The predicted octanol–water partition coefficient (Wildman–Crippen LogP) is 1.83. The summed E-state index contributed by atoms with van der Waals surface area (Å²) in [4.78, 5) is 12.9. The molecule has 0 aliphatic rings. The smallest absolute Gasteiger partial charge is 0.246 e. The van der Waals surface area contributed by atoms with Crippen LogP contribution < -0.4 is 11.1 Å². The Bertz CT molecular complexity index is 535. The second-order valence-corrected chi connectivity index (χ2v) is 4.59. The van der Waals surface area contributed by atoms with Crippen molar-refractivity contribution >= 4 is 29.2 Å². The maximum atomic E-state index is 11.7. The number of thioether (sulfide) groups is 1. The van der Waals surface area contributed by atoms with Gasteiger partial charge in [0.15, 0.2) is 0 Å². The maximum Gasteiger partial charge on any atom is 0.246 e. The number of nitrogen functional groups attached to an aromatic ring is 1. The molecule has 18 heavy (non-hydrogen) atoms. The average Bonchev–Trinajstić information content (AvgIpc) is 2.75. The number of carbonyl (C=O) groups is 1. The van der Waals surface area contributed by atoms with E-state index in [4.69, 9.17) is 5.73 Å². The van der Waals surface area contributed by atoms with Crippen molar-refractivity contribution < 1.29 is 4.79 Å². The fourth-order valence-electron chi connectivity index (χ4n) is 1.49. The van der Waals surface area contributed by atoms with Crippen molar-refractivity contribution in [2.24, 2.45) is 0 Å². The van der Waals surface area contributed by atoms with Gasteiger partial charge >= 0.3 is 0 Å². The summed E-state index contributed by atoms with van der Waals surface area (Å²) in [6, 6.07) is 9.33. The van der Waals surface area contributed by atoms with Crippen molar-refractivity contribution in [3.63, 3.8) is 0 Å². The van der Waals surface area contributed by atoms with E-state index in [0.717, 1.165) is 10.6 Å². The topological polar surface area (TPSA) is 72.9 Å². The Morgan fingerprint density at radius 2 is 2.11 bits per heavy atom. The Labute approximate surface area is 109 Å². The first kappa shape index (κ1) is 12.5. The van der Waals surface area contributed by atoms with E-state index in [0.29, 0.717) is 5.82 Å². The van der Waals surface area contributed by atoms with Crippen molar-refractivity contribution in [1.82, 2.24) is 9.78 Å². The van der Waals surface area contributed by atoms with Crippen LogP contribution in [0.5, 0.6) is 0 Å². The Balaban J connectivity index is 1.94. The SMILES string of the molecule is CSc1ccc(NC(=O)Cn2ccc(N)n2)cc1. The van der Waals surface area contributed by atoms with Crippen LogP contribution >= 0.6 is 11.8 Å². The van der Waals surface area contributed by atoms with Crippen molar-refractivity contribution in [3.05, 3.63) is 36.5 Å². The van der Waals surface area contributed by atoms with Crippen LogP contribution in [-0.4, -0.2) is 21.9 Å². The number of hydrogen-bond acceptors (Lipinski definition) is 4. The lowest BCUT2D eigenvalue weighted by Crippen LogP contribution is -2.19. The summed E-state index contributed by atoms with van der Waals surface area (Å²) < 4.78 is 1.50. The molecule has 2 rings (SSSR count). The first-order valence-corrected chi connectivity index (χ1v) is 6.62. The number of nitrogens with zero attached hydrogens (tertiary/aromatic N) is 2. The zero-order chi connectivity index (χ0) is 13.0. The van der Waals surface area contributed by atoms with Gasteiger partial charge in [-0.25, -0.2) is 0 Å². The number of nitrogens with two attached hydrogens (primary N) is 1. The van der Waals surface area contributed by atoms with Crippen LogP contribution in [0, 0.1) is 0 Å². The molecule has 0 bridgehead atoms. The highest BCUT2D eigenvalue weighted by atomic mass is 32.2. The van der Waals surface area contributed by atoms with Gasteiger partial charge in [0.05, 0.1) is 0 Å². The third kappa shape index (κ3) is 3.27. The Kier molecular flexibility index (Phi) is 3.88. The van der Waals surface area contributed by atoms with E-state index in [2.05, 4.69) is 10.4 Å². The minimum atomic E-state index is -0.130. The molecule has 2 aromatic rings. The van der Waals surface area contributed by atoms with E-state index >= 15 is 0 Å². The highest BCUT2D eigenvalue weighted by Crippen LogP contribution is 2.17. The molecule has 1 amide bonds. The second-order valence-electron chi connectivity index (χ2n) is 3.71. The predicted molar refractivity (Wildman–Crippen MR) is 73.5 cm³/mol. The summed E-state index contributed by atoms with van der Waals surface area (Å²) in [7, 11) is 0. The number of rotatable bonds is 4. The number of benzene rings is 1. The Morgan fingerprint density at radius 3 is 2.67 bits per heavy atom. The molecule has 0 saturated carbocycles. The lowest BCUT2D eigenvalue weighted by molar-refractivity contribution is -0.116. The minimum absolute atomic E-state index is 0.130. The van der Waals surface area contributed by atoms with Crippen LogP contribution in [0.4, 0.5) is 11.5 Å². The van der Waals surface area contributed by atoms with E-state index in [1.165, 1.54) is 4.68 Å². The molecule has 0 spiro atoms. The Morgan fingerprint density at radius 1 is 1.39 bits per heavy atom. The summed E-state index contributed by atoms with van der Waals surface area (Å²) in [5.74, 6) is 0.280. The highest BCUT2D eigenvalue weighted by Gasteiger charge is 2.04. The number of carbonyl (C=O) groups excluding carboxylic acids is 1. The number of amides is 1. The summed E-state index contributed by atoms with van der Waals surface area (Å²) >= 11 is 1.66. The van der Waals surface area contributed by atoms with Crippen molar-refractivity contribution in [2.75, 3.05) is 17.3 Å². The highest BCUT2D eigenvalue weighted by molar-refractivity contribution is 7.98. The Hall–Kier alpha value is -1.95. The normalized spacial score (nSPS) is 10.3. The largest absolute Gasteiger partial charge is 0.382 e. The van der Waals surface area contributed by atoms with Gasteiger partial charge in [-0.1, -0.05) is 0 Å². The second kappa shape index (κ2) is 5.59. The molecule has 0 atom stereocenters. The van der Waals surface area contributed by atoms with Gasteiger partial charge < -0.3 is 11.1 Å². The molecule has 94 valence electrons. The molecule has 1 aromatic carbocycles. The number of nitrogens with one attached hydrogen (secondary N) is 1. The van der Waals surface area contributed by atoms with Crippen LogP contribution in [0.3, 0.4) is 0 Å². The fraction of sp³-hybridized carbons (Fsp3) is 0.167. The average molecular weight is 262 g/mol. The first-order valence-electron chi connectivity index (χ1n) is 5.40. The lowest BCUT2D eigenvalue weighted by atomic mass is 10.3. The molecule has 0 saturated heterocycles. The first-order chi connectivity index (χ1) is 8.67. The molecule has 0 unspecified atom stereocenters. The third-order valence-electron chi connectivity index (χ3n) is 2.34. The standard InChI is InChI=1S/C12H14N4OS/c1-18-10-4-2-9(3-5-10)14-12(17)8-16-7-6-11(13)15-16/h2-7H,8H2,1H3,(H2,13,15)(H,14,17). The van der Waals surface area contributed by atoms with Gasteiger partial charge in [0.25, 0.3) is 0 Å². The van der Waals surface area contributed by atoms with E-state index in [-0.39, 0.29) is 12.5 Å². The van der Waals surface area contributed by atoms with Crippen molar-refractivity contribution in [2.45, 2.75) is 11.4 Å². The van der Waals surface area contributed by atoms with Crippen molar-refractivity contribution in [3.8, 4) is 0 Å². The van der Waals surface area contributed by atoms with Gasteiger partial charge in [-0.2, -0.15) is 5.10 Å². The van der Waals surface area contributed by atoms with E-state index in [9.17, 15) is 4.79 Å². The molecule has 0 aliphatic carbocycles. The van der Waals surface area contributed by atoms with Crippen molar-refractivity contribution in [1.29, 1.82) is 0 Å². The van der Waals surface area contributed by atoms with Crippen LogP contribution in [0.25, 0.3) is 0 Å². The molecule has 0 aliphatic heterocycles. The van der Waals surface area contributed by atoms with E-state index < -0.39 is 0 Å².